The van der Waals surface area contributed by atoms with Crippen molar-refractivity contribution in [1.82, 2.24) is 0 Å². The van der Waals surface area contributed by atoms with E-state index in [9.17, 15) is 0 Å². The molecule has 1 saturated heterocycles. The van der Waals surface area contributed by atoms with E-state index in [4.69, 9.17) is 16.3 Å². The van der Waals surface area contributed by atoms with Crippen molar-refractivity contribution in [3.63, 3.8) is 0 Å². The molecule has 0 radical (unpaired) electrons. The molecule has 2 heteroatoms. The number of halogens is 1. The van der Waals surface area contributed by atoms with Crippen molar-refractivity contribution in [2.75, 3.05) is 6.61 Å². The highest BCUT2D eigenvalue weighted by Crippen LogP contribution is 2.30. The van der Waals surface area contributed by atoms with Crippen LogP contribution in [0.1, 0.15) is 64.2 Å². The molecule has 2 rings (SSSR count). The molecule has 1 saturated carbocycles. The minimum atomic E-state index is 0.454. The van der Waals surface area contributed by atoms with Gasteiger partial charge in [0.05, 0.1) is 6.10 Å². The van der Waals surface area contributed by atoms with Gasteiger partial charge in [-0.05, 0) is 38.0 Å². The van der Waals surface area contributed by atoms with Gasteiger partial charge in [0.25, 0.3) is 0 Å². The molecule has 1 nitrogen and oxygen atoms in total. The van der Waals surface area contributed by atoms with E-state index in [-0.39, 0.29) is 0 Å². The van der Waals surface area contributed by atoms with E-state index in [0.717, 1.165) is 12.5 Å². The SMILES string of the molecule is ClC1CCCCC(CCCC2CCCO2)C1. The molecule has 0 aromatic rings. The lowest BCUT2D eigenvalue weighted by molar-refractivity contribution is 0.100. The Kier molecular flexibility index (Phi) is 5.44. The predicted molar refractivity (Wildman–Crippen MR) is 69.0 cm³/mol. The van der Waals surface area contributed by atoms with Crippen molar-refractivity contribution < 1.29 is 4.74 Å². The van der Waals surface area contributed by atoms with Crippen LogP contribution in [0.4, 0.5) is 0 Å². The normalized spacial score (nSPS) is 36.2. The van der Waals surface area contributed by atoms with Gasteiger partial charge >= 0.3 is 0 Å². The van der Waals surface area contributed by atoms with Crippen LogP contribution in [-0.4, -0.2) is 18.1 Å². The van der Waals surface area contributed by atoms with Crippen LogP contribution in [0, 0.1) is 5.92 Å². The summed E-state index contributed by atoms with van der Waals surface area (Å²) in [5.41, 5.74) is 0. The van der Waals surface area contributed by atoms with Crippen LogP contribution in [0.2, 0.25) is 0 Å². The first-order chi connectivity index (χ1) is 7.84. The van der Waals surface area contributed by atoms with Crippen LogP contribution >= 0.6 is 11.6 Å². The third kappa shape index (κ3) is 4.25. The highest BCUT2D eigenvalue weighted by Gasteiger charge is 2.20. The summed E-state index contributed by atoms with van der Waals surface area (Å²) in [5.74, 6) is 0.895. The van der Waals surface area contributed by atoms with Crippen molar-refractivity contribution >= 4 is 11.6 Å². The Morgan fingerprint density at radius 2 is 1.88 bits per heavy atom. The molecule has 0 bridgehead atoms. The molecule has 3 unspecified atom stereocenters. The number of hydrogen-bond donors (Lipinski definition) is 0. The summed E-state index contributed by atoms with van der Waals surface area (Å²) in [6.07, 6.45) is 13.8. The number of alkyl halides is 1. The molecule has 0 N–H and O–H groups in total. The van der Waals surface area contributed by atoms with Gasteiger partial charge in [-0.2, -0.15) is 0 Å². The summed E-state index contributed by atoms with van der Waals surface area (Å²) < 4.78 is 5.66. The van der Waals surface area contributed by atoms with Gasteiger partial charge in [-0.1, -0.05) is 32.1 Å². The van der Waals surface area contributed by atoms with E-state index in [1.165, 1.54) is 64.2 Å². The first-order valence-corrected chi connectivity index (χ1v) is 7.54. The molecule has 1 aliphatic carbocycles. The first kappa shape index (κ1) is 12.7. The summed E-state index contributed by atoms with van der Waals surface area (Å²) in [6.45, 7) is 0.998. The van der Waals surface area contributed by atoms with Crippen LogP contribution in [0.5, 0.6) is 0 Å². The van der Waals surface area contributed by atoms with Gasteiger partial charge in [0.2, 0.25) is 0 Å². The lowest BCUT2D eigenvalue weighted by Crippen LogP contribution is -2.08. The Labute approximate surface area is 105 Å². The van der Waals surface area contributed by atoms with Crippen LogP contribution in [-0.2, 0) is 4.74 Å². The van der Waals surface area contributed by atoms with Crippen molar-refractivity contribution in [3.8, 4) is 0 Å². The fourth-order valence-electron chi connectivity index (χ4n) is 3.16. The maximum atomic E-state index is 6.30. The quantitative estimate of drug-likeness (QED) is 0.522. The summed E-state index contributed by atoms with van der Waals surface area (Å²) >= 11 is 6.30. The zero-order chi connectivity index (χ0) is 11.2. The highest BCUT2D eigenvalue weighted by atomic mass is 35.5. The van der Waals surface area contributed by atoms with Gasteiger partial charge < -0.3 is 4.74 Å². The molecule has 16 heavy (non-hydrogen) atoms. The Morgan fingerprint density at radius 3 is 2.69 bits per heavy atom. The fourth-order valence-corrected chi connectivity index (χ4v) is 3.57. The van der Waals surface area contributed by atoms with Gasteiger partial charge in [0.1, 0.15) is 0 Å². The van der Waals surface area contributed by atoms with Gasteiger partial charge in [-0.25, -0.2) is 0 Å². The second kappa shape index (κ2) is 6.86. The van der Waals surface area contributed by atoms with Gasteiger partial charge in [-0.15, -0.1) is 11.6 Å². The molecule has 0 spiro atoms. The average Bonchev–Trinajstić information content (AvgIpc) is 2.69. The predicted octanol–water partition coefficient (Wildman–Crippen LogP) is 4.52. The number of hydrogen-bond acceptors (Lipinski definition) is 1. The van der Waals surface area contributed by atoms with Crippen molar-refractivity contribution in [2.45, 2.75) is 75.7 Å². The van der Waals surface area contributed by atoms with Crippen molar-refractivity contribution in [2.24, 2.45) is 5.92 Å². The second-order valence-electron chi connectivity index (χ2n) is 5.55. The van der Waals surface area contributed by atoms with Gasteiger partial charge in [0, 0.05) is 12.0 Å². The largest absolute Gasteiger partial charge is 0.378 e. The molecule has 2 aliphatic rings. The average molecular weight is 245 g/mol. The molecule has 3 atom stereocenters. The molecule has 0 aromatic carbocycles. The van der Waals surface area contributed by atoms with Crippen LogP contribution in [0.15, 0.2) is 0 Å². The van der Waals surface area contributed by atoms with E-state index in [2.05, 4.69) is 0 Å². The van der Waals surface area contributed by atoms with E-state index >= 15 is 0 Å². The lowest BCUT2D eigenvalue weighted by Gasteiger charge is -2.17. The molecule has 0 aromatic heterocycles. The monoisotopic (exact) mass is 244 g/mol. The molecule has 2 fully saturated rings. The molecule has 94 valence electrons. The second-order valence-corrected chi connectivity index (χ2v) is 6.17. The Morgan fingerprint density at radius 1 is 1.00 bits per heavy atom. The van der Waals surface area contributed by atoms with E-state index in [0.29, 0.717) is 11.5 Å². The first-order valence-electron chi connectivity index (χ1n) is 7.10. The van der Waals surface area contributed by atoms with Gasteiger partial charge in [0.15, 0.2) is 0 Å². The van der Waals surface area contributed by atoms with Crippen LogP contribution < -0.4 is 0 Å². The zero-order valence-corrected chi connectivity index (χ0v) is 11.1. The highest BCUT2D eigenvalue weighted by molar-refractivity contribution is 6.20. The summed E-state index contributed by atoms with van der Waals surface area (Å²) in [4.78, 5) is 0. The third-order valence-corrected chi connectivity index (χ3v) is 4.53. The number of rotatable bonds is 4. The fraction of sp³-hybridized carbons (Fsp3) is 1.00. The van der Waals surface area contributed by atoms with E-state index in [1.54, 1.807) is 0 Å². The van der Waals surface area contributed by atoms with E-state index in [1.807, 2.05) is 0 Å². The maximum Gasteiger partial charge on any atom is 0.0576 e. The smallest absolute Gasteiger partial charge is 0.0576 e. The minimum absolute atomic E-state index is 0.454. The van der Waals surface area contributed by atoms with E-state index < -0.39 is 0 Å². The summed E-state index contributed by atoms with van der Waals surface area (Å²) in [6, 6.07) is 0. The molecular formula is C14H25ClO. The molecule has 1 aliphatic heterocycles. The van der Waals surface area contributed by atoms with Crippen LogP contribution in [0.25, 0.3) is 0 Å². The summed E-state index contributed by atoms with van der Waals surface area (Å²) in [5, 5.41) is 0.454. The molecular weight excluding hydrogens is 220 g/mol. The minimum Gasteiger partial charge on any atom is -0.378 e. The maximum absolute atomic E-state index is 6.30. The summed E-state index contributed by atoms with van der Waals surface area (Å²) in [7, 11) is 0. The standard InChI is InChI=1S/C14H25ClO/c15-13-7-2-1-5-12(11-13)6-3-8-14-9-4-10-16-14/h12-14H,1-11H2. The lowest BCUT2D eigenvalue weighted by atomic mass is 9.93. The Balaban J connectivity index is 1.60. The number of ether oxygens (including phenoxy) is 1. The topological polar surface area (TPSA) is 9.23 Å². The molecule has 0 amide bonds. The zero-order valence-electron chi connectivity index (χ0n) is 10.3. The van der Waals surface area contributed by atoms with Crippen LogP contribution in [0.3, 0.4) is 0 Å². The molecule has 1 heterocycles. The van der Waals surface area contributed by atoms with Crippen molar-refractivity contribution in [1.29, 1.82) is 0 Å². The Bertz CT molecular complexity index is 189. The van der Waals surface area contributed by atoms with Gasteiger partial charge in [-0.3, -0.25) is 0 Å². The van der Waals surface area contributed by atoms with Crippen molar-refractivity contribution in [3.05, 3.63) is 0 Å². The third-order valence-electron chi connectivity index (χ3n) is 4.13. The Hall–Kier alpha value is 0.250.